The Balaban J connectivity index is 2.23. The second-order valence-electron chi connectivity index (χ2n) is 3.55. The van der Waals surface area contributed by atoms with Gasteiger partial charge in [-0.25, -0.2) is 4.98 Å². The number of fused-ring (bicyclic) bond motifs is 1. The standard InChI is InChI=1S/C10H10N6/c1-16-9(11)6(4-13-16)10-14-7-2-3-12-5-8(7)15-10/h2-5H,11H2,1H3,(H,14,15). The number of aromatic nitrogens is 5. The van der Waals surface area contributed by atoms with Gasteiger partial charge in [0.25, 0.3) is 0 Å². The third-order valence-electron chi connectivity index (χ3n) is 2.52. The van der Waals surface area contributed by atoms with E-state index in [0.717, 1.165) is 16.6 Å². The van der Waals surface area contributed by atoms with Crippen LogP contribution >= 0.6 is 0 Å². The first kappa shape index (κ1) is 8.90. The highest BCUT2D eigenvalue weighted by molar-refractivity contribution is 5.80. The number of H-pyrrole nitrogens is 1. The summed E-state index contributed by atoms with van der Waals surface area (Å²) in [5.74, 6) is 1.31. The average molecular weight is 214 g/mol. The van der Waals surface area contributed by atoms with Gasteiger partial charge < -0.3 is 10.7 Å². The zero-order valence-electron chi connectivity index (χ0n) is 8.68. The normalized spacial score (nSPS) is 11.1. The Morgan fingerprint density at radius 1 is 1.38 bits per heavy atom. The Bertz CT molecular complexity index is 617. The molecule has 0 amide bonds. The van der Waals surface area contributed by atoms with Gasteiger partial charge >= 0.3 is 0 Å². The largest absolute Gasteiger partial charge is 0.383 e. The Morgan fingerprint density at radius 3 is 2.94 bits per heavy atom. The number of pyridine rings is 1. The zero-order chi connectivity index (χ0) is 11.1. The van der Waals surface area contributed by atoms with E-state index in [1.807, 2.05) is 6.07 Å². The molecule has 16 heavy (non-hydrogen) atoms. The van der Waals surface area contributed by atoms with Crippen LogP contribution in [0.25, 0.3) is 22.4 Å². The number of imidazole rings is 1. The number of anilines is 1. The van der Waals surface area contributed by atoms with Crippen molar-refractivity contribution in [2.75, 3.05) is 5.73 Å². The fraction of sp³-hybridized carbons (Fsp3) is 0.100. The summed E-state index contributed by atoms with van der Waals surface area (Å²) in [7, 11) is 1.79. The molecule has 0 bridgehead atoms. The summed E-state index contributed by atoms with van der Waals surface area (Å²) < 4.78 is 1.61. The van der Waals surface area contributed by atoms with Crippen LogP contribution in [0.5, 0.6) is 0 Å². The van der Waals surface area contributed by atoms with Crippen LogP contribution in [-0.4, -0.2) is 24.7 Å². The van der Waals surface area contributed by atoms with Gasteiger partial charge in [-0.15, -0.1) is 0 Å². The molecule has 0 aromatic carbocycles. The second-order valence-corrected chi connectivity index (χ2v) is 3.55. The van der Waals surface area contributed by atoms with Crippen molar-refractivity contribution in [2.45, 2.75) is 0 Å². The van der Waals surface area contributed by atoms with Crippen LogP contribution < -0.4 is 5.73 Å². The van der Waals surface area contributed by atoms with E-state index >= 15 is 0 Å². The van der Waals surface area contributed by atoms with Gasteiger partial charge in [-0.05, 0) is 6.07 Å². The Labute approximate surface area is 91.1 Å². The van der Waals surface area contributed by atoms with Gasteiger partial charge in [0.2, 0.25) is 0 Å². The summed E-state index contributed by atoms with van der Waals surface area (Å²) in [6.45, 7) is 0. The lowest BCUT2D eigenvalue weighted by Gasteiger charge is -1.95. The van der Waals surface area contributed by atoms with E-state index in [4.69, 9.17) is 5.73 Å². The minimum Gasteiger partial charge on any atom is -0.383 e. The topological polar surface area (TPSA) is 85.4 Å². The van der Waals surface area contributed by atoms with E-state index in [-0.39, 0.29) is 0 Å². The molecule has 3 rings (SSSR count). The van der Waals surface area contributed by atoms with Crippen LogP contribution in [0.3, 0.4) is 0 Å². The summed E-state index contributed by atoms with van der Waals surface area (Å²) in [5, 5.41) is 4.08. The van der Waals surface area contributed by atoms with Crippen LogP contribution in [0, 0.1) is 0 Å². The SMILES string of the molecule is Cn1ncc(-c2nc3ccncc3[nH]2)c1N. The smallest absolute Gasteiger partial charge is 0.143 e. The molecule has 3 aromatic heterocycles. The molecule has 0 fully saturated rings. The van der Waals surface area contributed by atoms with Gasteiger partial charge in [-0.1, -0.05) is 0 Å². The van der Waals surface area contributed by atoms with Crippen molar-refractivity contribution in [3.8, 4) is 11.4 Å². The summed E-state index contributed by atoms with van der Waals surface area (Å²) in [5.41, 5.74) is 8.44. The Morgan fingerprint density at radius 2 is 2.25 bits per heavy atom. The molecule has 0 aliphatic heterocycles. The van der Waals surface area contributed by atoms with Crippen molar-refractivity contribution in [1.29, 1.82) is 0 Å². The number of hydrogen-bond acceptors (Lipinski definition) is 4. The summed E-state index contributed by atoms with van der Waals surface area (Å²) in [4.78, 5) is 11.6. The number of hydrogen-bond donors (Lipinski definition) is 2. The van der Waals surface area contributed by atoms with Crippen LogP contribution in [0.2, 0.25) is 0 Å². The van der Waals surface area contributed by atoms with E-state index < -0.39 is 0 Å². The molecular weight excluding hydrogens is 204 g/mol. The molecule has 3 heterocycles. The van der Waals surface area contributed by atoms with Gasteiger partial charge in [0.15, 0.2) is 0 Å². The Kier molecular flexibility index (Phi) is 1.70. The number of aryl methyl sites for hydroxylation is 1. The van der Waals surface area contributed by atoms with Gasteiger partial charge in [-0.2, -0.15) is 5.10 Å². The van der Waals surface area contributed by atoms with Gasteiger partial charge in [0, 0.05) is 13.2 Å². The monoisotopic (exact) mass is 214 g/mol. The number of nitrogen functional groups attached to an aromatic ring is 1. The maximum absolute atomic E-state index is 5.88. The molecule has 0 radical (unpaired) electrons. The van der Waals surface area contributed by atoms with Gasteiger partial charge in [-0.3, -0.25) is 9.67 Å². The third-order valence-corrected chi connectivity index (χ3v) is 2.52. The zero-order valence-corrected chi connectivity index (χ0v) is 8.68. The van der Waals surface area contributed by atoms with Gasteiger partial charge in [0.1, 0.15) is 11.6 Å². The number of nitrogens with zero attached hydrogens (tertiary/aromatic N) is 4. The van der Waals surface area contributed by atoms with E-state index in [1.165, 1.54) is 0 Å². The Hall–Kier alpha value is -2.37. The lowest BCUT2D eigenvalue weighted by Crippen LogP contribution is -1.98. The molecule has 0 spiro atoms. The van der Waals surface area contributed by atoms with Crippen molar-refractivity contribution in [1.82, 2.24) is 24.7 Å². The number of aromatic amines is 1. The minimum atomic E-state index is 0.590. The lowest BCUT2D eigenvalue weighted by molar-refractivity contribution is 0.779. The number of nitrogens with one attached hydrogen (secondary N) is 1. The number of nitrogens with two attached hydrogens (primary N) is 1. The van der Waals surface area contributed by atoms with Crippen LogP contribution in [0.15, 0.2) is 24.7 Å². The number of rotatable bonds is 1. The first-order valence-electron chi connectivity index (χ1n) is 4.83. The van der Waals surface area contributed by atoms with Crippen molar-refractivity contribution >= 4 is 16.9 Å². The van der Waals surface area contributed by atoms with E-state index in [0.29, 0.717) is 11.6 Å². The van der Waals surface area contributed by atoms with E-state index in [1.54, 1.807) is 30.3 Å². The molecule has 0 saturated heterocycles. The van der Waals surface area contributed by atoms with Crippen LogP contribution in [-0.2, 0) is 7.05 Å². The first-order chi connectivity index (χ1) is 7.75. The third kappa shape index (κ3) is 1.16. The van der Waals surface area contributed by atoms with Crippen molar-refractivity contribution < 1.29 is 0 Å². The molecule has 0 saturated carbocycles. The maximum Gasteiger partial charge on any atom is 0.143 e. The fourth-order valence-electron chi connectivity index (χ4n) is 1.61. The van der Waals surface area contributed by atoms with E-state index in [9.17, 15) is 0 Å². The highest BCUT2D eigenvalue weighted by Crippen LogP contribution is 2.24. The second kappa shape index (κ2) is 3.06. The molecule has 0 atom stereocenters. The van der Waals surface area contributed by atoms with Crippen molar-refractivity contribution in [3.63, 3.8) is 0 Å². The quantitative estimate of drug-likeness (QED) is 0.631. The van der Waals surface area contributed by atoms with Crippen LogP contribution in [0.4, 0.5) is 5.82 Å². The fourth-order valence-corrected chi connectivity index (χ4v) is 1.61. The molecule has 0 aliphatic carbocycles. The van der Waals surface area contributed by atoms with E-state index in [2.05, 4.69) is 20.1 Å². The summed E-state index contributed by atoms with van der Waals surface area (Å²) in [6, 6.07) is 1.85. The predicted molar refractivity (Wildman–Crippen MR) is 60.5 cm³/mol. The minimum absolute atomic E-state index is 0.590. The molecule has 3 aromatic rings. The molecule has 0 aliphatic rings. The van der Waals surface area contributed by atoms with Crippen molar-refractivity contribution in [2.24, 2.45) is 7.05 Å². The summed E-state index contributed by atoms with van der Waals surface area (Å²) in [6.07, 6.45) is 5.14. The van der Waals surface area contributed by atoms with Gasteiger partial charge in [0.05, 0.1) is 29.0 Å². The molecule has 6 heteroatoms. The van der Waals surface area contributed by atoms with Crippen LogP contribution in [0.1, 0.15) is 0 Å². The molecule has 3 N–H and O–H groups in total. The molecular formula is C10H10N6. The molecule has 80 valence electrons. The first-order valence-corrected chi connectivity index (χ1v) is 4.83. The maximum atomic E-state index is 5.88. The van der Waals surface area contributed by atoms with Crippen molar-refractivity contribution in [3.05, 3.63) is 24.7 Å². The molecule has 0 unspecified atom stereocenters. The highest BCUT2D eigenvalue weighted by Gasteiger charge is 2.11. The predicted octanol–water partition coefficient (Wildman–Crippen LogP) is 0.941. The lowest BCUT2D eigenvalue weighted by atomic mass is 10.3. The highest BCUT2D eigenvalue weighted by atomic mass is 15.3. The summed E-state index contributed by atoms with van der Waals surface area (Å²) >= 11 is 0. The molecule has 6 nitrogen and oxygen atoms in total. The average Bonchev–Trinajstić information content (AvgIpc) is 2.84.